The Bertz CT molecular complexity index is 2010. The monoisotopic (exact) mass is 701 g/mol. The summed E-state index contributed by atoms with van der Waals surface area (Å²) in [6, 6.07) is 13.9. The number of hydrogen-bond acceptors (Lipinski definition) is 8. The minimum absolute atomic E-state index is 0.0540. The van der Waals surface area contributed by atoms with E-state index in [1.807, 2.05) is 45.9 Å². The van der Waals surface area contributed by atoms with Crippen molar-refractivity contribution in [3.63, 3.8) is 0 Å². The number of nitrogens with zero attached hydrogens (tertiary/aromatic N) is 4. The molecule has 1 aliphatic carbocycles. The Labute approximate surface area is 293 Å². The largest absolute Gasteiger partial charge is 0.489 e. The van der Waals surface area contributed by atoms with Gasteiger partial charge in [-0.25, -0.2) is 22.5 Å². The van der Waals surface area contributed by atoms with Gasteiger partial charge in [0.25, 0.3) is 15.9 Å². The zero-order valence-corrected chi connectivity index (χ0v) is 30.3. The molecular formula is C38H44FN5O5S. The second-order valence-corrected chi connectivity index (χ2v) is 16.4. The number of sulfonamides is 1. The fraction of sp³-hybridized carbons (Fsp3) is 0.421. The van der Waals surface area contributed by atoms with E-state index >= 15 is 4.39 Å². The Hall–Kier alpha value is -4.58. The molecule has 2 aromatic heterocycles. The summed E-state index contributed by atoms with van der Waals surface area (Å²) in [6.07, 6.45) is 3.15. The number of benzene rings is 2. The van der Waals surface area contributed by atoms with Crippen LogP contribution in [0.25, 0.3) is 11.3 Å². The fourth-order valence-corrected chi connectivity index (χ4v) is 7.89. The molecule has 3 heterocycles. The van der Waals surface area contributed by atoms with E-state index in [-0.39, 0.29) is 57.9 Å². The van der Waals surface area contributed by atoms with Crippen molar-refractivity contribution in [3.8, 4) is 22.9 Å². The highest BCUT2D eigenvalue weighted by atomic mass is 32.2. The van der Waals surface area contributed by atoms with Crippen molar-refractivity contribution >= 4 is 21.9 Å². The van der Waals surface area contributed by atoms with Gasteiger partial charge in [0, 0.05) is 35.2 Å². The Morgan fingerprint density at radius 1 is 1.04 bits per heavy atom. The van der Waals surface area contributed by atoms with Crippen molar-refractivity contribution in [1.29, 1.82) is 0 Å². The minimum atomic E-state index is -4.22. The van der Waals surface area contributed by atoms with Crippen molar-refractivity contribution in [1.82, 2.24) is 19.9 Å². The van der Waals surface area contributed by atoms with Gasteiger partial charge in [-0.1, -0.05) is 45.0 Å². The van der Waals surface area contributed by atoms with Crippen LogP contribution in [0.5, 0.6) is 11.6 Å². The Kier molecular flexibility index (Phi) is 9.60. The molecule has 1 amide bonds. The molecule has 4 aromatic rings. The number of rotatable bonds is 6. The van der Waals surface area contributed by atoms with Crippen LogP contribution in [0.2, 0.25) is 0 Å². The molecule has 0 spiro atoms. The van der Waals surface area contributed by atoms with Crippen LogP contribution in [0.1, 0.15) is 87.0 Å². The third kappa shape index (κ3) is 7.45. The molecule has 1 aliphatic heterocycles. The first-order valence-corrected chi connectivity index (χ1v) is 18.4. The summed E-state index contributed by atoms with van der Waals surface area (Å²) < 4.78 is 57.7. The van der Waals surface area contributed by atoms with Gasteiger partial charge in [0.2, 0.25) is 11.8 Å². The van der Waals surface area contributed by atoms with Crippen molar-refractivity contribution in [2.75, 3.05) is 11.3 Å². The van der Waals surface area contributed by atoms with Gasteiger partial charge < -0.3 is 14.4 Å². The van der Waals surface area contributed by atoms with Crippen molar-refractivity contribution in [3.05, 3.63) is 89.0 Å². The van der Waals surface area contributed by atoms with Crippen LogP contribution >= 0.6 is 0 Å². The summed E-state index contributed by atoms with van der Waals surface area (Å²) in [5, 5.41) is 0. The summed E-state index contributed by atoms with van der Waals surface area (Å²) in [6.45, 7) is 14.0. The van der Waals surface area contributed by atoms with E-state index in [0.717, 1.165) is 16.7 Å². The van der Waals surface area contributed by atoms with E-state index in [9.17, 15) is 13.2 Å². The van der Waals surface area contributed by atoms with E-state index in [1.54, 1.807) is 23.1 Å². The number of pyridine rings is 1. The maximum atomic E-state index is 15.6. The first-order valence-electron chi connectivity index (χ1n) is 17.0. The summed E-state index contributed by atoms with van der Waals surface area (Å²) in [5.74, 6) is -0.905. The lowest BCUT2D eigenvalue weighted by Gasteiger charge is -2.48. The normalized spacial score (nSPS) is 20.5. The fourth-order valence-electron chi connectivity index (χ4n) is 6.90. The molecular weight excluding hydrogens is 658 g/mol. The number of ether oxygens (including phenoxy) is 2. The Morgan fingerprint density at radius 2 is 1.76 bits per heavy atom. The summed E-state index contributed by atoms with van der Waals surface area (Å²) in [5.41, 5.74) is 3.46. The van der Waals surface area contributed by atoms with Crippen LogP contribution in [0.4, 0.5) is 10.3 Å². The topological polar surface area (TPSA) is 124 Å². The maximum absolute atomic E-state index is 15.6. The van der Waals surface area contributed by atoms with Crippen molar-refractivity contribution in [2.45, 2.75) is 96.7 Å². The molecule has 0 radical (unpaired) electrons. The molecule has 0 saturated heterocycles. The number of nitrogens with one attached hydrogen (secondary N) is 1. The molecule has 264 valence electrons. The van der Waals surface area contributed by atoms with Crippen molar-refractivity contribution < 1.29 is 27.1 Å². The third-order valence-corrected chi connectivity index (χ3v) is 10.4. The van der Waals surface area contributed by atoms with Gasteiger partial charge in [-0.2, -0.15) is 4.98 Å². The number of amides is 1. The highest BCUT2D eigenvalue weighted by Gasteiger charge is 2.45. The second kappa shape index (κ2) is 13.6. The molecule has 1 fully saturated rings. The molecule has 4 bridgehead atoms. The quantitative estimate of drug-likeness (QED) is 0.220. The third-order valence-electron chi connectivity index (χ3n) is 9.12. The summed E-state index contributed by atoms with van der Waals surface area (Å²) >= 11 is 0. The van der Waals surface area contributed by atoms with E-state index in [0.29, 0.717) is 30.7 Å². The lowest BCUT2D eigenvalue weighted by molar-refractivity contribution is 0.0156. The number of anilines is 1. The Morgan fingerprint density at radius 3 is 2.40 bits per heavy atom. The highest BCUT2D eigenvalue weighted by Crippen LogP contribution is 2.44. The molecule has 3 atom stereocenters. The Balaban J connectivity index is 1.48. The maximum Gasteiger partial charge on any atom is 0.264 e. The first kappa shape index (κ1) is 35.3. The average Bonchev–Trinajstić information content (AvgIpc) is 3.01. The van der Waals surface area contributed by atoms with Crippen LogP contribution in [-0.2, 0) is 10.0 Å². The molecule has 12 heteroatoms. The molecule has 3 unspecified atom stereocenters. The zero-order chi connectivity index (χ0) is 36.0. The van der Waals surface area contributed by atoms with Crippen LogP contribution in [0.15, 0.2) is 65.7 Å². The van der Waals surface area contributed by atoms with Gasteiger partial charge in [-0.05, 0) is 81.7 Å². The number of fused-ring (bicyclic) bond motifs is 4. The van der Waals surface area contributed by atoms with Gasteiger partial charge in [-0.3, -0.25) is 9.78 Å². The highest BCUT2D eigenvalue weighted by molar-refractivity contribution is 7.92. The molecule has 1 saturated carbocycles. The minimum Gasteiger partial charge on any atom is -0.489 e. The zero-order valence-electron chi connectivity index (χ0n) is 29.5. The predicted molar refractivity (Wildman–Crippen MR) is 189 cm³/mol. The van der Waals surface area contributed by atoms with E-state index in [4.69, 9.17) is 9.47 Å². The van der Waals surface area contributed by atoms with Gasteiger partial charge >= 0.3 is 0 Å². The number of hydrogen-bond donors (Lipinski definition) is 1. The number of aryl methyl sites for hydroxylation is 2. The lowest BCUT2D eigenvalue weighted by atomic mass is 9.74. The van der Waals surface area contributed by atoms with Crippen LogP contribution < -0.4 is 14.2 Å². The first-order chi connectivity index (χ1) is 23.6. The number of aromatic nitrogens is 3. The van der Waals surface area contributed by atoms with Gasteiger partial charge in [0.05, 0.1) is 34.6 Å². The summed E-state index contributed by atoms with van der Waals surface area (Å²) in [4.78, 5) is 29.9. The molecule has 2 aromatic carbocycles. The van der Waals surface area contributed by atoms with Crippen LogP contribution in [-0.4, -0.2) is 59.0 Å². The van der Waals surface area contributed by atoms with E-state index in [1.165, 1.54) is 24.4 Å². The number of halogens is 1. The average molecular weight is 702 g/mol. The standard InChI is InChI=1S/C38H44FN5O5S/c1-22(2)49-27-17-30(39)35(40-20-27)29-14-15-32(29)44-26(19-38(5,6)7)21-48-33-18-31(34-23(3)10-8-11-24(34)4)41-37(42-33)43-50(46,47)28-13-9-12-25(16-28)36(44)45/h8-13,16-18,20,22,26,29,32H,14-15,19,21H2,1-7H3,(H,41,42,43). The molecule has 10 nitrogen and oxygen atoms in total. The smallest absolute Gasteiger partial charge is 0.264 e. The van der Waals surface area contributed by atoms with Crippen molar-refractivity contribution in [2.24, 2.45) is 5.41 Å². The SMILES string of the molecule is Cc1cccc(C)c1-c1cc2nc(n1)NS(=O)(=O)c1cccc(c1)C(=O)N(C1CCC1c1ncc(OC(C)C)cc1F)C(CC(C)(C)C)CO2. The van der Waals surface area contributed by atoms with Crippen LogP contribution in [0.3, 0.4) is 0 Å². The number of carbonyl (C=O) groups excluding carboxylic acids is 1. The van der Waals surface area contributed by atoms with E-state index < -0.39 is 27.9 Å². The van der Waals surface area contributed by atoms with Gasteiger partial charge in [0.15, 0.2) is 0 Å². The van der Waals surface area contributed by atoms with Gasteiger partial charge in [0.1, 0.15) is 18.2 Å². The summed E-state index contributed by atoms with van der Waals surface area (Å²) in [7, 11) is -4.22. The van der Waals surface area contributed by atoms with E-state index in [2.05, 4.69) is 40.4 Å². The molecule has 50 heavy (non-hydrogen) atoms. The second-order valence-electron chi connectivity index (χ2n) is 14.7. The number of carbonyl (C=O) groups is 1. The van der Waals surface area contributed by atoms with Gasteiger partial charge in [-0.15, -0.1) is 0 Å². The molecule has 2 aliphatic rings. The molecule has 6 rings (SSSR count). The lowest BCUT2D eigenvalue weighted by Crippen LogP contribution is -2.56. The van der Waals surface area contributed by atoms with Crippen LogP contribution in [0, 0.1) is 25.1 Å². The predicted octanol–water partition coefficient (Wildman–Crippen LogP) is 7.47. The molecule has 1 N–H and O–H groups in total.